The van der Waals surface area contributed by atoms with Crippen LogP contribution in [0.3, 0.4) is 0 Å². The van der Waals surface area contributed by atoms with Crippen LogP contribution in [-0.4, -0.2) is 36.4 Å². The first-order valence-electron chi connectivity index (χ1n) is 11.7. The molecule has 7 nitrogen and oxygen atoms in total. The molecule has 0 atom stereocenters. The number of rotatable bonds is 10. The highest BCUT2D eigenvalue weighted by Crippen LogP contribution is 2.39. The molecule has 0 spiro atoms. The third-order valence-corrected chi connectivity index (χ3v) is 5.99. The van der Waals surface area contributed by atoms with Crippen molar-refractivity contribution in [2.75, 3.05) is 19.1 Å². The number of amides is 1. The quantitative estimate of drug-likeness (QED) is 0.343. The summed E-state index contributed by atoms with van der Waals surface area (Å²) in [5.41, 5.74) is 3.12. The smallest absolute Gasteiger partial charge is 0.412 e. The number of methoxy groups -OCH3 is 2. The summed E-state index contributed by atoms with van der Waals surface area (Å²) in [7, 11) is 3.18. The van der Waals surface area contributed by atoms with Crippen molar-refractivity contribution >= 4 is 22.7 Å². The largest absolute Gasteiger partial charge is 0.493 e. The topological polar surface area (TPSA) is 81.1 Å². The molecule has 2 aromatic carbocycles. The summed E-state index contributed by atoms with van der Waals surface area (Å²) in [6, 6.07) is 9.23. The van der Waals surface area contributed by atoms with Crippen molar-refractivity contribution in [2.24, 2.45) is 0 Å². The van der Waals surface area contributed by atoms with Crippen molar-refractivity contribution in [3.63, 3.8) is 0 Å². The van der Waals surface area contributed by atoms with Gasteiger partial charge in [-0.2, -0.15) is 0 Å². The van der Waals surface area contributed by atoms with Gasteiger partial charge in [-0.25, -0.2) is 4.79 Å². The van der Waals surface area contributed by atoms with Gasteiger partial charge in [-0.1, -0.05) is 26.7 Å². The van der Waals surface area contributed by atoms with Gasteiger partial charge in [-0.15, -0.1) is 0 Å². The van der Waals surface area contributed by atoms with Gasteiger partial charge in [0, 0.05) is 23.7 Å². The Hall–Kier alpha value is -3.48. The predicted molar refractivity (Wildman–Crippen MR) is 135 cm³/mol. The number of carbonyl (C=O) groups is 1. The molecule has 3 rings (SSSR count). The van der Waals surface area contributed by atoms with Crippen molar-refractivity contribution in [1.82, 2.24) is 4.98 Å². The average Bonchev–Trinajstić information content (AvgIpc) is 2.81. The molecule has 0 bridgehead atoms. The lowest BCUT2D eigenvalue weighted by molar-refractivity contribution is 0.197. The van der Waals surface area contributed by atoms with Crippen LogP contribution in [-0.2, 0) is 0 Å². The minimum atomic E-state index is -0.927. The lowest BCUT2D eigenvalue weighted by Gasteiger charge is -2.31. The van der Waals surface area contributed by atoms with Gasteiger partial charge in [0.1, 0.15) is 11.5 Å². The minimum Gasteiger partial charge on any atom is -0.493 e. The zero-order valence-electron chi connectivity index (χ0n) is 20.8. The van der Waals surface area contributed by atoms with E-state index in [0.29, 0.717) is 28.7 Å². The van der Waals surface area contributed by atoms with Crippen molar-refractivity contribution < 1.29 is 24.1 Å². The molecule has 1 heterocycles. The molecule has 0 aliphatic heterocycles. The summed E-state index contributed by atoms with van der Waals surface area (Å²) in [5.74, 6) is 2.48. The van der Waals surface area contributed by atoms with E-state index in [9.17, 15) is 9.90 Å². The normalized spacial score (nSPS) is 11.0. The SMILES string of the molecule is CCCC(CCC)N(C(=O)O)c1cc(C)c(Oc2ccnc3cc(OC)c(OC)cc23)cc1C. The molecule has 1 aromatic heterocycles. The second kappa shape index (κ2) is 11.1. The maximum absolute atomic E-state index is 12.3. The maximum atomic E-state index is 12.3. The Kier molecular flexibility index (Phi) is 8.21. The van der Waals surface area contributed by atoms with Crippen LogP contribution in [0, 0.1) is 13.8 Å². The average molecular weight is 467 g/mol. The fourth-order valence-electron chi connectivity index (χ4n) is 4.32. The van der Waals surface area contributed by atoms with Gasteiger partial charge in [-0.3, -0.25) is 9.88 Å². The minimum absolute atomic E-state index is 0.0519. The number of pyridine rings is 1. The molecule has 1 amide bonds. The lowest BCUT2D eigenvalue weighted by Crippen LogP contribution is -2.40. The van der Waals surface area contributed by atoms with E-state index < -0.39 is 6.09 Å². The van der Waals surface area contributed by atoms with Gasteiger partial charge < -0.3 is 19.3 Å². The predicted octanol–water partition coefficient (Wildman–Crippen LogP) is 7.11. The molecular formula is C27H34N2O5. The van der Waals surface area contributed by atoms with Crippen molar-refractivity contribution in [2.45, 2.75) is 59.4 Å². The summed E-state index contributed by atoms with van der Waals surface area (Å²) < 4.78 is 17.2. The summed E-state index contributed by atoms with van der Waals surface area (Å²) in [6.45, 7) is 8.02. The molecule has 7 heteroatoms. The first-order chi connectivity index (χ1) is 16.3. The Morgan fingerprint density at radius 2 is 1.59 bits per heavy atom. The lowest BCUT2D eigenvalue weighted by atomic mass is 10.0. The number of hydrogen-bond acceptors (Lipinski definition) is 5. The standard InChI is InChI=1S/C27H34N2O5/c1-7-9-19(10-8-2)29(27(30)31)22-13-18(4)24(14-17(22)3)34-23-11-12-28-21-16-26(33-6)25(32-5)15-20(21)23/h11-16,19H,7-10H2,1-6H3,(H,30,31). The fraction of sp³-hybridized carbons (Fsp3) is 0.407. The van der Waals surface area contributed by atoms with E-state index >= 15 is 0 Å². The van der Waals surface area contributed by atoms with E-state index in [1.54, 1.807) is 26.5 Å². The third-order valence-electron chi connectivity index (χ3n) is 5.99. The number of aryl methyl sites for hydroxylation is 2. The van der Waals surface area contributed by atoms with Crippen LogP contribution in [0.15, 0.2) is 36.5 Å². The summed E-state index contributed by atoms with van der Waals surface area (Å²) in [4.78, 5) is 18.2. The fourth-order valence-corrected chi connectivity index (χ4v) is 4.32. The molecule has 0 unspecified atom stereocenters. The van der Waals surface area contributed by atoms with E-state index in [4.69, 9.17) is 14.2 Å². The van der Waals surface area contributed by atoms with Crippen molar-refractivity contribution in [3.05, 3.63) is 47.7 Å². The zero-order valence-corrected chi connectivity index (χ0v) is 20.8. The van der Waals surface area contributed by atoms with Crippen molar-refractivity contribution in [3.8, 4) is 23.0 Å². The molecule has 0 fully saturated rings. The monoisotopic (exact) mass is 466 g/mol. The molecule has 0 saturated heterocycles. The number of ether oxygens (including phenoxy) is 3. The molecule has 0 radical (unpaired) electrons. The number of hydrogen-bond donors (Lipinski definition) is 1. The molecule has 182 valence electrons. The Bertz CT molecular complexity index is 1160. The highest BCUT2D eigenvalue weighted by atomic mass is 16.5. The number of benzene rings is 2. The van der Waals surface area contributed by atoms with E-state index in [1.807, 2.05) is 38.1 Å². The number of anilines is 1. The summed E-state index contributed by atoms with van der Waals surface area (Å²) in [5, 5.41) is 10.8. The van der Waals surface area contributed by atoms with Gasteiger partial charge in [0.15, 0.2) is 11.5 Å². The van der Waals surface area contributed by atoms with Crippen LogP contribution in [0.4, 0.5) is 10.5 Å². The summed E-state index contributed by atoms with van der Waals surface area (Å²) >= 11 is 0. The molecule has 0 saturated carbocycles. The number of fused-ring (bicyclic) bond motifs is 1. The van der Waals surface area contributed by atoms with Gasteiger partial charge in [0.25, 0.3) is 0 Å². The highest BCUT2D eigenvalue weighted by Gasteiger charge is 2.26. The highest BCUT2D eigenvalue weighted by molar-refractivity contribution is 5.89. The number of nitrogens with zero attached hydrogens (tertiary/aromatic N) is 2. The van der Waals surface area contributed by atoms with Crippen LogP contribution < -0.4 is 19.1 Å². The number of carboxylic acid groups (broad SMARTS) is 1. The van der Waals surface area contributed by atoms with Gasteiger partial charge in [0.2, 0.25) is 0 Å². The molecule has 34 heavy (non-hydrogen) atoms. The zero-order chi connectivity index (χ0) is 24.8. The van der Waals surface area contributed by atoms with E-state index in [1.165, 1.54) is 4.90 Å². The number of aromatic nitrogens is 1. The van der Waals surface area contributed by atoms with E-state index in [2.05, 4.69) is 18.8 Å². The van der Waals surface area contributed by atoms with Gasteiger partial charge in [0.05, 0.1) is 25.4 Å². The molecule has 0 aliphatic rings. The Labute approximate surface area is 201 Å². The Balaban J connectivity index is 2.02. The second-order valence-corrected chi connectivity index (χ2v) is 8.42. The third kappa shape index (κ3) is 5.19. The van der Waals surface area contributed by atoms with E-state index in [-0.39, 0.29) is 6.04 Å². The maximum Gasteiger partial charge on any atom is 0.412 e. The first kappa shape index (κ1) is 25.1. The van der Waals surface area contributed by atoms with Crippen LogP contribution in [0.1, 0.15) is 50.7 Å². The van der Waals surface area contributed by atoms with Crippen LogP contribution in [0.2, 0.25) is 0 Å². The van der Waals surface area contributed by atoms with Crippen LogP contribution in [0.5, 0.6) is 23.0 Å². The molecular weight excluding hydrogens is 432 g/mol. The second-order valence-electron chi connectivity index (χ2n) is 8.42. The Morgan fingerprint density at radius 3 is 2.18 bits per heavy atom. The molecule has 3 aromatic rings. The molecule has 0 aliphatic carbocycles. The first-order valence-corrected chi connectivity index (χ1v) is 11.7. The van der Waals surface area contributed by atoms with Crippen LogP contribution >= 0.6 is 0 Å². The Morgan fingerprint density at radius 1 is 0.941 bits per heavy atom. The molecule has 1 N–H and O–H groups in total. The van der Waals surface area contributed by atoms with E-state index in [0.717, 1.165) is 47.7 Å². The summed E-state index contributed by atoms with van der Waals surface area (Å²) in [6.07, 6.45) is 4.26. The van der Waals surface area contributed by atoms with Crippen LogP contribution in [0.25, 0.3) is 10.9 Å². The van der Waals surface area contributed by atoms with Gasteiger partial charge >= 0.3 is 6.09 Å². The van der Waals surface area contributed by atoms with Gasteiger partial charge in [-0.05, 0) is 62.1 Å². The van der Waals surface area contributed by atoms with Crippen molar-refractivity contribution in [1.29, 1.82) is 0 Å².